The van der Waals surface area contributed by atoms with Gasteiger partial charge in [-0.2, -0.15) is 0 Å². The Morgan fingerprint density at radius 2 is 1.69 bits per heavy atom. The molecule has 0 unspecified atom stereocenters. The number of methoxy groups -OCH3 is 3. The van der Waals surface area contributed by atoms with E-state index in [1.807, 2.05) is 43.3 Å². The van der Waals surface area contributed by atoms with E-state index in [0.717, 1.165) is 28.8 Å². The molecule has 0 saturated carbocycles. The molecule has 0 aromatic heterocycles. The van der Waals surface area contributed by atoms with Crippen LogP contribution in [0.15, 0.2) is 71.6 Å². The highest BCUT2D eigenvalue weighted by atomic mass is 32.2. The molecule has 5 rings (SSSR count). The molecule has 1 aliphatic heterocycles. The molecule has 3 atom stereocenters. The van der Waals surface area contributed by atoms with Gasteiger partial charge in [-0.1, -0.05) is 24.3 Å². The molecule has 3 aromatic rings. The van der Waals surface area contributed by atoms with Crippen LogP contribution in [0.3, 0.4) is 0 Å². The van der Waals surface area contributed by atoms with Crippen LogP contribution in [-0.4, -0.2) is 29.7 Å². The van der Waals surface area contributed by atoms with Gasteiger partial charge in [0, 0.05) is 17.3 Å². The van der Waals surface area contributed by atoms with Crippen LogP contribution in [0.1, 0.15) is 35.1 Å². The van der Waals surface area contributed by atoms with Gasteiger partial charge in [0.1, 0.15) is 0 Å². The molecule has 7 nitrogen and oxygen atoms in total. The SMILES string of the molecule is COc1cc([C@H]2Nc3ccc(S(=O)(=O)Nc4cccc(C)c4)cc3[C@H]3C=CC[C@H]32)cc(OC)c1OC. The van der Waals surface area contributed by atoms with Crippen LogP contribution in [-0.2, 0) is 10.0 Å². The maximum absolute atomic E-state index is 13.2. The van der Waals surface area contributed by atoms with Crippen LogP contribution in [0.4, 0.5) is 11.4 Å². The van der Waals surface area contributed by atoms with Crippen molar-refractivity contribution in [3.05, 3.63) is 83.4 Å². The molecule has 2 N–H and O–H groups in total. The summed E-state index contributed by atoms with van der Waals surface area (Å²) in [6.07, 6.45) is 5.22. The monoisotopic (exact) mass is 506 g/mol. The second-order valence-corrected chi connectivity index (χ2v) is 10.8. The summed E-state index contributed by atoms with van der Waals surface area (Å²) in [7, 11) is 1.07. The molecular weight excluding hydrogens is 476 g/mol. The summed E-state index contributed by atoms with van der Waals surface area (Å²) >= 11 is 0. The predicted octanol–water partition coefficient (Wildman–Crippen LogP) is 5.65. The van der Waals surface area contributed by atoms with Crippen LogP contribution in [0, 0.1) is 12.8 Å². The number of benzene rings is 3. The van der Waals surface area contributed by atoms with Crippen molar-refractivity contribution in [2.45, 2.75) is 30.2 Å². The molecule has 188 valence electrons. The zero-order valence-electron chi connectivity index (χ0n) is 20.7. The summed E-state index contributed by atoms with van der Waals surface area (Å²) in [6, 6.07) is 16.6. The van der Waals surface area contributed by atoms with Gasteiger partial charge < -0.3 is 19.5 Å². The third-order valence-corrected chi connectivity index (χ3v) is 8.34. The fourth-order valence-corrected chi connectivity index (χ4v) is 6.36. The predicted molar refractivity (Wildman–Crippen MR) is 141 cm³/mol. The van der Waals surface area contributed by atoms with Gasteiger partial charge in [-0.25, -0.2) is 8.42 Å². The number of rotatable bonds is 7. The largest absolute Gasteiger partial charge is 0.493 e. The second kappa shape index (κ2) is 9.43. The third kappa shape index (κ3) is 4.26. The first-order valence-electron chi connectivity index (χ1n) is 11.8. The van der Waals surface area contributed by atoms with Gasteiger partial charge in [0.25, 0.3) is 10.0 Å². The molecule has 1 aliphatic carbocycles. The fourth-order valence-electron chi connectivity index (χ4n) is 5.27. The van der Waals surface area contributed by atoms with E-state index < -0.39 is 10.0 Å². The Morgan fingerprint density at radius 1 is 0.944 bits per heavy atom. The summed E-state index contributed by atoms with van der Waals surface area (Å²) in [6.45, 7) is 1.93. The zero-order valence-corrected chi connectivity index (χ0v) is 21.6. The number of sulfonamides is 1. The second-order valence-electron chi connectivity index (χ2n) is 9.16. The number of ether oxygens (including phenoxy) is 3. The number of aryl methyl sites for hydroxylation is 1. The van der Waals surface area contributed by atoms with Crippen molar-refractivity contribution < 1.29 is 22.6 Å². The lowest BCUT2D eigenvalue weighted by atomic mass is 9.77. The zero-order chi connectivity index (χ0) is 25.4. The Hall–Kier alpha value is -3.65. The van der Waals surface area contributed by atoms with Crippen LogP contribution in [0.25, 0.3) is 0 Å². The van der Waals surface area contributed by atoms with Crippen molar-refractivity contribution in [2.75, 3.05) is 31.4 Å². The maximum atomic E-state index is 13.2. The fraction of sp³-hybridized carbons (Fsp3) is 0.286. The average Bonchev–Trinajstić information content (AvgIpc) is 3.37. The van der Waals surface area contributed by atoms with E-state index in [4.69, 9.17) is 14.2 Å². The molecule has 8 heteroatoms. The highest BCUT2D eigenvalue weighted by Gasteiger charge is 2.39. The van der Waals surface area contributed by atoms with E-state index >= 15 is 0 Å². The Labute approximate surface area is 212 Å². The first-order chi connectivity index (χ1) is 17.3. The first kappa shape index (κ1) is 24.1. The minimum atomic E-state index is -3.73. The Morgan fingerprint density at radius 3 is 2.36 bits per heavy atom. The van der Waals surface area contributed by atoms with E-state index in [-0.39, 0.29) is 22.8 Å². The van der Waals surface area contributed by atoms with E-state index in [1.165, 1.54) is 0 Å². The van der Waals surface area contributed by atoms with E-state index in [0.29, 0.717) is 22.9 Å². The number of hydrogen-bond donors (Lipinski definition) is 2. The van der Waals surface area contributed by atoms with Crippen molar-refractivity contribution in [1.82, 2.24) is 0 Å². The van der Waals surface area contributed by atoms with Crippen molar-refractivity contribution in [2.24, 2.45) is 5.92 Å². The van der Waals surface area contributed by atoms with Crippen molar-refractivity contribution in [1.29, 1.82) is 0 Å². The molecule has 0 bridgehead atoms. The summed E-state index contributed by atoms with van der Waals surface area (Å²) in [5.74, 6) is 2.05. The molecule has 36 heavy (non-hydrogen) atoms. The van der Waals surface area contributed by atoms with E-state index in [2.05, 4.69) is 22.2 Å². The highest BCUT2D eigenvalue weighted by molar-refractivity contribution is 7.92. The Kier molecular flexibility index (Phi) is 6.30. The summed E-state index contributed by atoms with van der Waals surface area (Å²) in [4.78, 5) is 0.245. The highest BCUT2D eigenvalue weighted by Crippen LogP contribution is 2.52. The lowest BCUT2D eigenvalue weighted by Gasteiger charge is -2.38. The van der Waals surface area contributed by atoms with Crippen molar-refractivity contribution in [3.63, 3.8) is 0 Å². The van der Waals surface area contributed by atoms with Gasteiger partial charge in [-0.15, -0.1) is 0 Å². The summed E-state index contributed by atoms with van der Waals surface area (Å²) in [5, 5.41) is 3.65. The summed E-state index contributed by atoms with van der Waals surface area (Å²) in [5.41, 5.74) is 4.45. The Balaban J connectivity index is 1.51. The minimum Gasteiger partial charge on any atom is -0.493 e. The molecular formula is C28H30N2O5S. The van der Waals surface area contributed by atoms with Gasteiger partial charge in [0.2, 0.25) is 5.75 Å². The van der Waals surface area contributed by atoms with Crippen LogP contribution < -0.4 is 24.2 Å². The quantitative estimate of drug-likeness (QED) is 0.403. The number of allylic oxidation sites excluding steroid dienone is 2. The topological polar surface area (TPSA) is 85.9 Å². The molecule has 0 fully saturated rings. The maximum Gasteiger partial charge on any atom is 0.261 e. The average molecular weight is 507 g/mol. The normalized spacial score (nSPS) is 20.2. The van der Waals surface area contributed by atoms with Gasteiger partial charge >= 0.3 is 0 Å². The lowest BCUT2D eigenvalue weighted by Crippen LogP contribution is -2.29. The lowest BCUT2D eigenvalue weighted by molar-refractivity contribution is 0.322. The molecule has 0 saturated heterocycles. The molecule has 1 heterocycles. The molecule has 3 aromatic carbocycles. The van der Waals surface area contributed by atoms with Gasteiger partial charge in [0.05, 0.1) is 32.3 Å². The van der Waals surface area contributed by atoms with Crippen LogP contribution >= 0.6 is 0 Å². The minimum absolute atomic E-state index is 0.0147. The number of fused-ring (bicyclic) bond motifs is 3. The van der Waals surface area contributed by atoms with Crippen molar-refractivity contribution >= 4 is 21.4 Å². The molecule has 0 radical (unpaired) electrons. The smallest absolute Gasteiger partial charge is 0.261 e. The number of nitrogens with one attached hydrogen (secondary N) is 2. The van der Waals surface area contributed by atoms with Crippen LogP contribution in [0.2, 0.25) is 0 Å². The van der Waals surface area contributed by atoms with Gasteiger partial charge in [-0.3, -0.25) is 4.72 Å². The van der Waals surface area contributed by atoms with Gasteiger partial charge in [-0.05, 0) is 78.4 Å². The number of anilines is 2. The first-order valence-corrected chi connectivity index (χ1v) is 13.3. The van der Waals surface area contributed by atoms with E-state index in [1.54, 1.807) is 39.5 Å². The number of hydrogen-bond acceptors (Lipinski definition) is 6. The summed E-state index contributed by atoms with van der Waals surface area (Å²) < 4.78 is 45.7. The molecule has 0 amide bonds. The standard InChI is InChI=1S/C28H30N2O5S/c1-17-7-5-8-19(13-17)30-36(31,32)20-11-12-24-23(16-20)21-9-6-10-22(21)27(29-24)18-14-25(33-2)28(35-4)26(15-18)34-3/h5-9,11-16,21-22,27,29-30H,10H2,1-4H3/t21-,22+,27+/m0/s1. The molecule has 2 aliphatic rings. The van der Waals surface area contributed by atoms with Crippen LogP contribution in [0.5, 0.6) is 17.2 Å². The molecule has 0 spiro atoms. The Bertz CT molecular complexity index is 1410. The third-order valence-electron chi connectivity index (χ3n) is 6.96. The van der Waals surface area contributed by atoms with E-state index in [9.17, 15) is 8.42 Å². The van der Waals surface area contributed by atoms with Crippen molar-refractivity contribution in [3.8, 4) is 17.2 Å². The van der Waals surface area contributed by atoms with Gasteiger partial charge in [0.15, 0.2) is 11.5 Å².